The van der Waals surface area contributed by atoms with Gasteiger partial charge in [0.2, 0.25) is 5.88 Å². The molecule has 82 valence electrons. The largest absolute Gasteiger partial charge is 0.439 e. The van der Waals surface area contributed by atoms with Crippen molar-refractivity contribution in [3.05, 3.63) is 53.5 Å². The molecule has 0 bridgehead atoms. The fourth-order valence-corrected chi connectivity index (χ4v) is 1.32. The lowest BCUT2D eigenvalue weighted by Gasteiger charge is -2.05. The molecule has 0 aliphatic carbocycles. The Hall–Kier alpha value is -1.90. The lowest BCUT2D eigenvalue weighted by molar-refractivity contribution is 0.457. The van der Waals surface area contributed by atoms with Gasteiger partial charge in [0.1, 0.15) is 11.6 Å². The molecule has 0 spiro atoms. The average molecular weight is 217 g/mol. The Kier molecular flexibility index (Phi) is 2.86. The number of pyridine rings is 1. The summed E-state index contributed by atoms with van der Waals surface area (Å²) in [5.41, 5.74) is 1.65. The summed E-state index contributed by atoms with van der Waals surface area (Å²) in [7, 11) is 0. The normalized spacial score (nSPS) is 10.2. The van der Waals surface area contributed by atoms with Crippen LogP contribution in [0.3, 0.4) is 0 Å². The Morgan fingerprint density at radius 1 is 1.12 bits per heavy atom. The number of halogens is 1. The van der Waals surface area contributed by atoms with Crippen LogP contribution in [0.5, 0.6) is 11.6 Å². The number of hydrogen-bond donors (Lipinski definition) is 0. The first-order valence-corrected chi connectivity index (χ1v) is 5.02. The van der Waals surface area contributed by atoms with Gasteiger partial charge in [-0.1, -0.05) is 6.07 Å². The molecule has 2 nitrogen and oxygen atoms in total. The Balaban J connectivity index is 2.24. The quantitative estimate of drug-likeness (QED) is 0.766. The summed E-state index contributed by atoms with van der Waals surface area (Å²) in [4.78, 5) is 4.04. The third kappa shape index (κ3) is 2.37. The molecule has 16 heavy (non-hydrogen) atoms. The monoisotopic (exact) mass is 217 g/mol. The summed E-state index contributed by atoms with van der Waals surface area (Å²) in [6, 6.07) is 8.45. The smallest absolute Gasteiger partial charge is 0.219 e. The Bertz CT molecular complexity index is 511. The highest BCUT2D eigenvalue weighted by molar-refractivity contribution is 5.31. The van der Waals surface area contributed by atoms with Gasteiger partial charge in [-0.3, -0.25) is 0 Å². The average Bonchev–Trinajstić information content (AvgIpc) is 2.24. The van der Waals surface area contributed by atoms with E-state index in [2.05, 4.69) is 4.98 Å². The van der Waals surface area contributed by atoms with Crippen LogP contribution < -0.4 is 4.74 Å². The molecule has 0 radical (unpaired) electrons. The zero-order valence-electron chi connectivity index (χ0n) is 9.20. The maximum absolute atomic E-state index is 13.3. The third-order valence-corrected chi connectivity index (χ3v) is 2.26. The van der Waals surface area contributed by atoms with Crippen LogP contribution in [0.2, 0.25) is 0 Å². The first-order chi connectivity index (χ1) is 7.65. The second-order valence-corrected chi connectivity index (χ2v) is 3.68. The van der Waals surface area contributed by atoms with Crippen LogP contribution in [-0.2, 0) is 0 Å². The van der Waals surface area contributed by atoms with Crippen molar-refractivity contribution in [3.8, 4) is 11.6 Å². The molecule has 1 aromatic heterocycles. The summed E-state index contributed by atoms with van der Waals surface area (Å²) >= 11 is 0. The van der Waals surface area contributed by atoms with Crippen LogP contribution in [-0.4, -0.2) is 4.98 Å². The van der Waals surface area contributed by atoms with Crippen molar-refractivity contribution in [2.24, 2.45) is 0 Å². The molecule has 0 fully saturated rings. The first kappa shape index (κ1) is 10.6. The van der Waals surface area contributed by atoms with Gasteiger partial charge in [-0.2, -0.15) is 0 Å². The number of aromatic nitrogens is 1. The van der Waals surface area contributed by atoms with E-state index in [1.165, 1.54) is 6.07 Å². The minimum absolute atomic E-state index is 0.273. The van der Waals surface area contributed by atoms with Crippen molar-refractivity contribution in [1.82, 2.24) is 4.98 Å². The fourth-order valence-electron chi connectivity index (χ4n) is 1.32. The van der Waals surface area contributed by atoms with Gasteiger partial charge < -0.3 is 4.74 Å². The van der Waals surface area contributed by atoms with Crippen LogP contribution in [0.15, 0.2) is 36.5 Å². The van der Waals surface area contributed by atoms with Crippen molar-refractivity contribution >= 4 is 0 Å². The maximum Gasteiger partial charge on any atom is 0.219 e. The fraction of sp³-hybridized carbons (Fsp3) is 0.154. The molecular formula is C13H12FNO. The summed E-state index contributed by atoms with van der Waals surface area (Å²) in [6.07, 6.45) is 1.66. The number of hydrogen-bond acceptors (Lipinski definition) is 2. The lowest BCUT2D eigenvalue weighted by Crippen LogP contribution is -1.90. The predicted molar refractivity (Wildman–Crippen MR) is 60.2 cm³/mol. The highest BCUT2D eigenvalue weighted by atomic mass is 19.1. The van der Waals surface area contributed by atoms with Gasteiger partial charge in [0.25, 0.3) is 0 Å². The molecule has 2 rings (SSSR count). The minimum atomic E-state index is -0.273. The van der Waals surface area contributed by atoms with Crippen LogP contribution in [0, 0.1) is 19.7 Å². The molecule has 0 aliphatic rings. The molecule has 1 aromatic carbocycles. The zero-order chi connectivity index (χ0) is 11.5. The summed E-state index contributed by atoms with van der Waals surface area (Å²) in [6.45, 7) is 3.66. The first-order valence-electron chi connectivity index (χ1n) is 5.02. The van der Waals surface area contributed by atoms with Gasteiger partial charge >= 0.3 is 0 Å². The Morgan fingerprint density at radius 3 is 2.62 bits per heavy atom. The van der Waals surface area contributed by atoms with Crippen LogP contribution in [0.4, 0.5) is 4.39 Å². The van der Waals surface area contributed by atoms with Gasteiger partial charge in [-0.25, -0.2) is 9.37 Å². The number of rotatable bonds is 2. The van der Waals surface area contributed by atoms with Gasteiger partial charge in [-0.05, 0) is 37.1 Å². The second-order valence-electron chi connectivity index (χ2n) is 3.68. The topological polar surface area (TPSA) is 22.1 Å². The molecule has 2 aromatic rings. The van der Waals surface area contributed by atoms with Crippen LogP contribution in [0.25, 0.3) is 0 Å². The highest BCUT2D eigenvalue weighted by Gasteiger charge is 2.02. The zero-order valence-corrected chi connectivity index (χ0v) is 9.20. The molecule has 0 saturated heterocycles. The maximum atomic E-state index is 13.3. The molecule has 0 amide bonds. The minimum Gasteiger partial charge on any atom is -0.439 e. The van der Waals surface area contributed by atoms with E-state index in [1.54, 1.807) is 31.3 Å². The SMILES string of the molecule is Cc1ccnc(Oc2ccc(C)c(F)c2)c1. The standard InChI is InChI=1S/C13H12FNO/c1-9-5-6-15-13(7-9)16-11-4-3-10(2)12(14)8-11/h3-8H,1-2H3. The van der Waals surface area contributed by atoms with E-state index in [0.717, 1.165) is 5.56 Å². The predicted octanol–water partition coefficient (Wildman–Crippen LogP) is 3.63. The van der Waals surface area contributed by atoms with Gasteiger partial charge in [-0.15, -0.1) is 0 Å². The van der Waals surface area contributed by atoms with E-state index in [0.29, 0.717) is 17.2 Å². The number of aryl methyl sites for hydroxylation is 2. The van der Waals surface area contributed by atoms with Crippen LogP contribution >= 0.6 is 0 Å². The van der Waals surface area contributed by atoms with Crippen LogP contribution in [0.1, 0.15) is 11.1 Å². The molecule has 0 aliphatic heterocycles. The van der Waals surface area contributed by atoms with Crippen molar-refractivity contribution in [2.75, 3.05) is 0 Å². The molecule has 0 unspecified atom stereocenters. The summed E-state index contributed by atoms with van der Waals surface area (Å²) < 4.78 is 18.7. The van der Waals surface area contributed by atoms with Gasteiger partial charge in [0.15, 0.2) is 0 Å². The van der Waals surface area contributed by atoms with E-state index >= 15 is 0 Å². The van der Waals surface area contributed by atoms with E-state index in [-0.39, 0.29) is 5.82 Å². The Morgan fingerprint density at radius 2 is 1.94 bits per heavy atom. The number of benzene rings is 1. The van der Waals surface area contributed by atoms with E-state index in [9.17, 15) is 4.39 Å². The van der Waals surface area contributed by atoms with Crippen molar-refractivity contribution in [3.63, 3.8) is 0 Å². The molecule has 0 atom stereocenters. The molecule has 1 heterocycles. The molecular weight excluding hydrogens is 205 g/mol. The van der Waals surface area contributed by atoms with Crippen molar-refractivity contribution < 1.29 is 9.13 Å². The van der Waals surface area contributed by atoms with Gasteiger partial charge in [0.05, 0.1) is 0 Å². The number of nitrogens with zero attached hydrogens (tertiary/aromatic N) is 1. The van der Waals surface area contributed by atoms with E-state index < -0.39 is 0 Å². The molecule has 0 N–H and O–H groups in total. The van der Waals surface area contributed by atoms with E-state index in [4.69, 9.17) is 4.74 Å². The lowest BCUT2D eigenvalue weighted by atomic mass is 10.2. The van der Waals surface area contributed by atoms with E-state index in [1.807, 2.05) is 13.0 Å². The summed E-state index contributed by atoms with van der Waals surface area (Å²) in [5, 5.41) is 0. The number of ether oxygens (including phenoxy) is 1. The third-order valence-electron chi connectivity index (χ3n) is 2.26. The Labute approximate surface area is 93.7 Å². The molecule has 0 saturated carbocycles. The van der Waals surface area contributed by atoms with Gasteiger partial charge in [0, 0.05) is 18.3 Å². The van der Waals surface area contributed by atoms with Crippen molar-refractivity contribution in [2.45, 2.75) is 13.8 Å². The summed E-state index contributed by atoms with van der Waals surface area (Å²) in [5.74, 6) is 0.662. The highest BCUT2D eigenvalue weighted by Crippen LogP contribution is 2.21. The second kappa shape index (κ2) is 4.31. The molecule has 3 heteroatoms. The van der Waals surface area contributed by atoms with Crippen molar-refractivity contribution in [1.29, 1.82) is 0 Å².